The summed E-state index contributed by atoms with van der Waals surface area (Å²) in [6, 6.07) is 8.31. The van der Waals surface area contributed by atoms with Gasteiger partial charge in [-0.05, 0) is 37.6 Å². The standard InChI is InChI=1S/C21H19FN6O/c1-13-4-5-14(10-24-13)19-17(22)9-18-20(26-19)28(16-6-8-27(18)12-16)21(29)25-15-3-2-7-23-11-15/h2-5,7,9-11,16H,6,8,12H2,1H3,(H,25,29)/t16-/m0/s1. The summed E-state index contributed by atoms with van der Waals surface area (Å²) in [6.07, 6.45) is 5.64. The fourth-order valence-electron chi connectivity index (χ4n) is 3.92. The van der Waals surface area contributed by atoms with E-state index in [0.717, 1.165) is 18.7 Å². The van der Waals surface area contributed by atoms with Crippen molar-refractivity contribution in [1.82, 2.24) is 15.0 Å². The highest BCUT2D eigenvalue weighted by Gasteiger charge is 2.41. The third-order valence-corrected chi connectivity index (χ3v) is 5.35. The highest BCUT2D eigenvalue weighted by molar-refractivity contribution is 6.04. The molecule has 0 unspecified atom stereocenters. The van der Waals surface area contributed by atoms with E-state index in [4.69, 9.17) is 0 Å². The largest absolute Gasteiger partial charge is 0.366 e. The van der Waals surface area contributed by atoms with E-state index < -0.39 is 5.82 Å². The molecule has 2 bridgehead atoms. The second kappa shape index (κ2) is 6.80. The van der Waals surface area contributed by atoms with Gasteiger partial charge in [0.1, 0.15) is 5.69 Å². The summed E-state index contributed by atoms with van der Waals surface area (Å²) in [7, 11) is 0. The number of hydrogen-bond donors (Lipinski definition) is 1. The number of anilines is 3. The van der Waals surface area contributed by atoms with Crippen molar-refractivity contribution in [1.29, 1.82) is 0 Å². The van der Waals surface area contributed by atoms with Crippen molar-refractivity contribution in [2.24, 2.45) is 0 Å². The van der Waals surface area contributed by atoms with E-state index in [9.17, 15) is 9.18 Å². The molecule has 3 aromatic rings. The highest BCUT2D eigenvalue weighted by Crippen LogP contribution is 2.41. The van der Waals surface area contributed by atoms with Crippen LogP contribution in [0.25, 0.3) is 11.3 Å². The average molecular weight is 390 g/mol. The molecule has 3 aromatic heterocycles. The number of carbonyl (C=O) groups is 1. The number of urea groups is 1. The van der Waals surface area contributed by atoms with E-state index in [2.05, 4.69) is 25.2 Å². The van der Waals surface area contributed by atoms with E-state index in [0.29, 0.717) is 29.3 Å². The predicted octanol–water partition coefficient (Wildman–Crippen LogP) is 3.62. The molecule has 2 amide bonds. The molecule has 2 aliphatic heterocycles. The minimum Gasteiger partial charge on any atom is -0.366 e. The Morgan fingerprint density at radius 3 is 2.93 bits per heavy atom. The summed E-state index contributed by atoms with van der Waals surface area (Å²) in [5.74, 6) is 0.0458. The topological polar surface area (TPSA) is 74.2 Å². The Balaban J connectivity index is 1.57. The molecule has 1 fully saturated rings. The summed E-state index contributed by atoms with van der Waals surface area (Å²) in [5.41, 5.74) is 2.86. The van der Waals surface area contributed by atoms with Crippen LogP contribution in [-0.4, -0.2) is 40.1 Å². The maximum absolute atomic E-state index is 14.9. The predicted molar refractivity (Wildman–Crippen MR) is 109 cm³/mol. The molecule has 1 atom stereocenters. The van der Waals surface area contributed by atoms with E-state index in [1.54, 1.807) is 41.7 Å². The number of aromatic nitrogens is 3. The van der Waals surface area contributed by atoms with Gasteiger partial charge in [-0.1, -0.05) is 0 Å². The number of aryl methyl sites for hydroxylation is 1. The molecular weight excluding hydrogens is 371 g/mol. The zero-order valence-corrected chi connectivity index (χ0v) is 15.8. The van der Waals surface area contributed by atoms with Crippen LogP contribution in [0.2, 0.25) is 0 Å². The molecule has 2 aliphatic rings. The molecule has 0 aliphatic carbocycles. The summed E-state index contributed by atoms with van der Waals surface area (Å²) in [5, 5.41) is 2.88. The van der Waals surface area contributed by atoms with Crippen LogP contribution in [0.3, 0.4) is 0 Å². The van der Waals surface area contributed by atoms with Crippen LogP contribution < -0.4 is 15.1 Å². The number of rotatable bonds is 2. The van der Waals surface area contributed by atoms with Crippen molar-refractivity contribution in [2.75, 3.05) is 28.2 Å². The molecule has 146 valence electrons. The quantitative estimate of drug-likeness (QED) is 0.724. The molecule has 8 heteroatoms. The van der Waals surface area contributed by atoms with Crippen LogP contribution >= 0.6 is 0 Å². The van der Waals surface area contributed by atoms with Gasteiger partial charge in [0.2, 0.25) is 0 Å². The van der Waals surface area contributed by atoms with Gasteiger partial charge in [0.25, 0.3) is 0 Å². The van der Waals surface area contributed by atoms with Gasteiger partial charge in [0.15, 0.2) is 11.6 Å². The van der Waals surface area contributed by atoms with Gasteiger partial charge in [0.05, 0.1) is 23.6 Å². The first-order valence-electron chi connectivity index (χ1n) is 9.49. The van der Waals surface area contributed by atoms with Crippen molar-refractivity contribution in [3.05, 3.63) is 60.4 Å². The second-order valence-electron chi connectivity index (χ2n) is 7.28. The van der Waals surface area contributed by atoms with Gasteiger partial charge in [-0.25, -0.2) is 14.2 Å². The first-order valence-corrected chi connectivity index (χ1v) is 9.49. The molecule has 1 N–H and O–H groups in total. The van der Waals surface area contributed by atoms with Crippen LogP contribution in [-0.2, 0) is 0 Å². The van der Waals surface area contributed by atoms with Gasteiger partial charge in [-0.2, -0.15) is 0 Å². The first kappa shape index (κ1) is 17.5. The molecule has 0 radical (unpaired) electrons. The van der Waals surface area contributed by atoms with E-state index >= 15 is 0 Å². The molecule has 0 spiro atoms. The highest BCUT2D eigenvalue weighted by atomic mass is 19.1. The second-order valence-corrected chi connectivity index (χ2v) is 7.28. The van der Waals surface area contributed by atoms with E-state index in [-0.39, 0.29) is 17.8 Å². The lowest BCUT2D eigenvalue weighted by Gasteiger charge is -2.36. The van der Waals surface area contributed by atoms with E-state index in [1.165, 1.54) is 6.07 Å². The van der Waals surface area contributed by atoms with Gasteiger partial charge < -0.3 is 10.2 Å². The van der Waals surface area contributed by atoms with Crippen molar-refractivity contribution >= 4 is 23.2 Å². The van der Waals surface area contributed by atoms with Crippen molar-refractivity contribution in [3.8, 4) is 11.3 Å². The maximum Gasteiger partial charge on any atom is 0.327 e. The maximum atomic E-state index is 14.9. The molecule has 29 heavy (non-hydrogen) atoms. The fraction of sp³-hybridized carbons (Fsp3) is 0.238. The van der Waals surface area contributed by atoms with Crippen LogP contribution in [0.15, 0.2) is 48.9 Å². The number of carbonyl (C=O) groups excluding carboxylic acids is 1. The van der Waals surface area contributed by atoms with Gasteiger partial charge in [-0.15, -0.1) is 0 Å². The van der Waals surface area contributed by atoms with Crippen LogP contribution in [0.5, 0.6) is 0 Å². The number of pyridine rings is 3. The van der Waals surface area contributed by atoms with Gasteiger partial charge >= 0.3 is 6.03 Å². The number of hydrogen-bond acceptors (Lipinski definition) is 5. The zero-order valence-electron chi connectivity index (χ0n) is 15.8. The summed E-state index contributed by atoms with van der Waals surface area (Å²) in [6.45, 7) is 3.30. The zero-order chi connectivity index (χ0) is 20.0. The number of halogens is 1. The molecular formula is C21H19FN6O. The lowest BCUT2D eigenvalue weighted by molar-refractivity contribution is 0.255. The first-order chi connectivity index (χ1) is 14.1. The lowest BCUT2D eigenvalue weighted by Crippen LogP contribution is -2.48. The number of nitrogens with zero attached hydrogens (tertiary/aromatic N) is 5. The minimum atomic E-state index is -0.424. The lowest BCUT2D eigenvalue weighted by atomic mass is 10.1. The normalized spacial score (nSPS) is 17.2. The van der Waals surface area contributed by atoms with Crippen LogP contribution in [0.4, 0.5) is 26.4 Å². The summed E-state index contributed by atoms with van der Waals surface area (Å²) >= 11 is 0. The summed E-state index contributed by atoms with van der Waals surface area (Å²) in [4.78, 5) is 29.7. The Kier molecular flexibility index (Phi) is 4.12. The molecule has 0 saturated carbocycles. The van der Waals surface area contributed by atoms with Crippen LogP contribution in [0, 0.1) is 12.7 Å². The minimum absolute atomic E-state index is 0.0128. The Hall–Kier alpha value is -3.55. The van der Waals surface area contributed by atoms with E-state index in [1.807, 2.05) is 13.0 Å². The molecule has 5 heterocycles. The Morgan fingerprint density at radius 1 is 1.28 bits per heavy atom. The van der Waals surface area contributed by atoms with Gasteiger partial charge in [-0.3, -0.25) is 14.9 Å². The van der Waals surface area contributed by atoms with Crippen molar-refractivity contribution in [3.63, 3.8) is 0 Å². The number of fused-ring (bicyclic) bond motifs is 4. The third kappa shape index (κ3) is 3.06. The Morgan fingerprint density at radius 2 is 2.17 bits per heavy atom. The molecule has 0 aromatic carbocycles. The van der Waals surface area contributed by atoms with Crippen LogP contribution in [0.1, 0.15) is 12.1 Å². The van der Waals surface area contributed by atoms with Crippen molar-refractivity contribution in [2.45, 2.75) is 19.4 Å². The number of nitrogens with one attached hydrogen (secondary N) is 1. The average Bonchev–Trinajstić information content (AvgIpc) is 3.14. The monoisotopic (exact) mass is 390 g/mol. The third-order valence-electron chi connectivity index (χ3n) is 5.35. The smallest absolute Gasteiger partial charge is 0.327 e. The van der Waals surface area contributed by atoms with Crippen molar-refractivity contribution < 1.29 is 9.18 Å². The Labute approximate surface area is 167 Å². The fourth-order valence-corrected chi connectivity index (χ4v) is 3.92. The van der Waals surface area contributed by atoms with Gasteiger partial charge in [0, 0.05) is 42.8 Å². The number of amides is 2. The Bertz CT molecular complexity index is 1070. The molecule has 1 saturated heterocycles. The molecule has 5 rings (SSSR count). The SMILES string of the molecule is Cc1ccc(-c2nc3c(cc2F)N2CC[C@@H](C2)N3C(=O)Nc2cccnc2)cn1. The summed E-state index contributed by atoms with van der Waals surface area (Å²) < 4.78 is 14.9. The molecule has 7 nitrogen and oxygen atoms in total.